The number of rotatable bonds is 2. The minimum absolute atomic E-state index is 0.115. The van der Waals surface area contributed by atoms with E-state index < -0.39 is 29.9 Å². The van der Waals surface area contributed by atoms with E-state index in [2.05, 4.69) is 0 Å². The molecule has 25 heavy (non-hydrogen) atoms. The monoisotopic (exact) mass is 337 g/mol. The second kappa shape index (κ2) is 5.55. The summed E-state index contributed by atoms with van der Waals surface area (Å²) >= 11 is 0. The summed E-state index contributed by atoms with van der Waals surface area (Å²) in [7, 11) is 0. The Kier molecular flexibility index (Phi) is 3.35. The molecule has 0 aliphatic carbocycles. The van der Waals surface area contributed by atoms with Crippen molar-refractivity contribution >= 4 is 23.8 Å². The maximum absolute atomic E-state index is 12.3. The Balaban J connectivity index is 1.53. The molecular formula is C18H11NO6. The molecule has 0 aromatic heterocycles. The molecule has 2 aromatic rings. The van der Waals surface area contributed by atoms with Crippen LogP contribution in [0.1, 0.15) is 36.6 Å². The molecule has 2 amide bonds. The third-order valence-corrected chi connectivity index (χ3v) is 4.09. The minimum atomic E-state index is -1.22. The molecule has 1 atom stereocenters. The minimum Gasteiger partial charge on any atom is -0.446 e. The number of imide groups is 1. The van der Waals surface area contributed by atoms with Gasteiger partial charge in [-0.2, -0.15) is 0 Å². The summed E-state index contributed by atoms with van der Waals surface area (Å²) in [6.45, 7) is 0. The molecular weight excluding hydrogens is 326 g/mol. The number of hydroxylamine groups is 2. The number of amides is 2. The molecule has 0 fully saturated rings. The molecule has 0 saturated heterocycles. The average Bonchev–Trinajstić information content (AvgIpc) is 2.87. The van der Waals surface area contributed by atoms with Crippen LogP contribution in [0.4, 0.5) is 0 Å². The van der Waals surface area contributed by atoms with Crippen LogP contribution in [0.25, 0.3) is 0 Å². The lowest BCUT2D eigenvalue weighted by atomic mass is 9.99. The van der Waals surface area contributed by atoms with Crippen LogP contribution in [0.2, 0.25) is 0 Å². The summed E-state index contributed by atoms with van der Waals surface area (Å²) in [5, 5.41) is 0.404. The number of esters is 1. The van der Waals surface area contributed by atoms with Gasteiger partial charge in [-0.3, -0.25) is 9.59 Å². The molecule has 0 saturated carbocycles. The van der Waals surface area contributed by atoms with Crippen LogP contribution < -0.4 is 0 Å². The second-order valence-corrected chi connectivity index (χ2v) is 5.62. The number of fused-ring (bicyclic) bond motifs is 2. The number of hydrogen-bond donors (Lipinski definition) is 0. The highest BCUT2D eigenvalue weighted by Crippen LogP contribution is 2.25. The van der Waals surface area contributed by atoms with Gasteiger partial charge in [0.15, 0.2) is 0 Å². The number of ether oxygens (including phenoxy) is 1. The van der Waals surface area contributed by atoms with E-state index in [1.807, 2.05) is 0 Å². The van der Waals surface area contributed by atoms with Gasteiger partial charge in [0.1, 0.15) is 0 Å². The van der Waals surface area contributed by atoms with Crippen molar-refractivity contribution < 1.29 is 28.8 Å². The van der Waals surface area contributed by atoms with E-state index in [4.69, 9.17) is 9.57 Å². The van der Waals surface area contributed by atoms with Crippen molar-refractivity contribution in [2.24, 2.45) is 0 Å². The van der Waals surface area contributed by atoms with Gasteiger partial charge in [-0.1, -0.05) is 35.4 Å². The van der Waals surface area contributed by atoms with Gasteiger partial charge in [0.2, 0.25) is 6.10 Å². The van der Waals surface area contributed by atoms with Crippen LogP contribution >= 0.6 is 0 Å². The summed E-state index contributed by atoms with van der Waals surface area (Å²) < 4.78 is 5.07. The zero-order chi connectivity index (χ0) is 17.6. The zero-order valence-corrected chi connectivity index (χ0v) is 12.8. The lowest BCUT2D eigenvalue weighted by Crippen LogP contribution is -2.41. The van der Waals surface area contributed by atoms with E-state index in [9.17, 15) is 19.2 Å². The summed E-state index contributed by atoms with van der Waals surface area (Å²) in [5.74, 6) is -3.07. The average molecular weight is 337 g/mol. The molecule has 7 nitrogen and oxygen atoms in total. The first-order chi connectivity index (χ1) is 12.1. The molecule has 124 valence electrons. The van der Waals surface area contributed by atoms with Gasteiger partial charge in [-0.25, -0.2) is 9.59 Å². The number of carbonyl (C=O) groups is 4. The van der Waals surface area contributed by atoms with Gasteiger partial charge in [0.05, 0.1) is 16.7 Å². The van der Waals surface area contributed by atoms with Crippen molar-refractivity contribution in [1.29, 1.82) is 0 Å². The van der Waals surface area contributed by atoms with E-state index >= 15 is 0 Å². The first kappa shape index (κ1) is 15.1. The van der Waals surface area contributed by atoms with E-state index in [0.29, 0.717) is 16.2 Å². The Bertz CT molecular complexity index is 900. The standard InChI is InChI=1S/C18H11NO6/c20-15-12-7-3-4-8-13(12)16(21)19(15)25-18(23)14-9-10-5-1-2-6-11(10)17(22)24-14/h1-8,14H,9H2. The smallest absolute Gasteiger partial charge is 0.373 e. The van der Waals surface area contributed by atoms with Crippen molar-refractivity contribution in [1.82, 2.24) is 5.06 Å². The van der Waals surface area contributed by atoms with Crippen LogP contribution in [0, 0.1) is 0 Å². The molecule has 2 aromatic carbocycles. The molecule has 4 rings (SSSR count). The van der Waals surface area contributed by atoms with Gasteiger partial charge in [-0.15, -0.1) is 0 Å². The first-order valence-electron chi connectivity index (χ1n) is 7.55. The highest BCUT2D eigenvalue weighted by atomic mass is 16.7. The van der Waals surface area contributed by atoms with Crippen molar-refractivity contribution in [2.45, 2.75) is 12.5 Å². The lowest BCUT2D eigenvalue weighted by Gasteiger charge is -2.24. The van der Waals surface area contributed by atoms with E-state index in [1.54, 1.807) is 36.4 Å². The maximum atomic E-state index is 12.3. The summed E-state index contributed by atoms with van der Waals surface area (Å²) in [6.07, 6.45) is -1.10. The number of carbonyl (C=O) groups excluding carboxylic acids is 4. The van der Waals surface area contributed by atoms with Crippen molar-refractivity contribution in [3.63, 3.8) is 0 Å². The van der Waals surface area contributed by atoms with Crippen LogP contribution in [-0.4, -0.2) is 34.9 Å². The SMILES string of the molecule is O=C1OC(C(=O)ON2C(=O)c3ccccc3C2=O)Cc2ccccc21. The largest absolute Gasteiger partial charge is 0.446 e. The fourth-order valence-corrected chi connectivity index (χ4v) is 2.86. The molecule has 1 unspecified atom stereocenters. The predicted molar refractivity (Wildman–Crippen MR) is 82.4 cm³/mol. The quantitative estimate of drug-likeness (QED) is 0.610. The second-order valence-electron chi connectivity index (χ2n) is 5.62. The predicted octanol–water partition coefficient (Wildman–Crippen LogP) is 1.52. The van der Waals surface area contributed by atoms with Gasteiger partial charge < -0.3 is 9.57 Å². The fraction of sp³-hybridized carbons (Fsp3) is 0.111. The van der Waals surface area contributed by atoms with E-state index in [1.165, 1.54) is 12.1 Å². The highest BCUT2D eigenvalue weighted by Gasteiger charge is 2.41. The molecule has 0 N–H and O–H groups in total. The number of cyclic esters (lactones) is 1. The normalized spacial score (nSPS) is 18.5. The Morgan fingerprint density at radius 1 is 0.920 bits per heavy atom. The third-order valence-electron chi connectivity index (χ3n) is 4.09. The number of hydrogen-bond acceptors (Lipinski definition) is 6. The maximum Gasteiger partial charge on any atom is 0.373 e. The molecule has 2 heterocycles. The van der Waals surface area contributed by atoms with Crippen molar-refractivity contribution in [3.8, 4) is 0 Å². The molecule has 2 aliphatic rings. The van der Waals surface area contributed by atoms with Gasteiger partial charge in [0, 0.05) is 6.42 Å². The lowest BCUT2D eigenvalue weighted by molar-refractivity contribution is -0.179. The summed E-state index contributed by atoms with van der Waals surface area (Å²) in [5.41, 5.74) is 1.34. The molecule has 0 spiro atoms. The van der Waals surface area contributed by atoms with E-state index in [0.717, 1.165) is 0 Å². The third kappa shape index (κ3) is 2.37. The van der Waals surface area contributed by atoms with Crippen LogP contribution in [0.15, 0.2) is 48.5 Å². The van der Waals surface area contributed by atoms with Crippen molar-refractivity contribution in [3.05, 3.63) is 70.8 Å². The first-order valence-corrected chi connectivity index (χ1v) is 7.55. The molecule has 0 bridgehead atoms. The summed E-state index contributed by atoms with van der Waals surface area (Å²) in [4.78, 5) is 53.6. The summed E-state index contributed by atoms with van der Waals surface area (Å²) in [6, 6.07) is 12.9. The molecule has 0 radical (unpaired) electrons. The van der Waals surface area contributed by atoms with Crippen molar-refractivity contribution in [2.75, 3.05) is 0 Å². The molecule has 2 aliphatic heterocycles. The Morgan fingerprint density at radius 2 is 1.48 bits per heavy atom. The molecule has 7 heteroatoms. The number of benzene rings is 2. The Morgan fingerprint density at radius 3 is 2.12 bits per heavy atom. The van der Waals surface area contributed by atoms with Crippen LogP contribution in [-0.2, 0) is 20.8 Å². The van der Waals surface area contributed by atoms with E-state index in [-0.39, 0.29) is 17.5 Å². The number of nitrogens with zero attached hydrogens (tertiary/aromatic N) is 1. The topological polar surface area (TPSA) is 90.0 Å². The Labute approximate surface area is 141 Å². The van der Waals surface area contributed by atoms with Gasteiger partial charge >= 0.3 is 11.9 Å². The van der Waals surface area contributed by atoms with Gasteiger partial charge in [0.25, 0.3) is 11.8 Å². The fourth-order valence-electron chi connectivity index (χ4n) is 2.86. The zero-order valence-electron chi connectivity index (χ0n) is 12.8. The van der Waals surface area contributed by atoms with Crippen LogP contribution in [0.5, 0.6) is 0 Å². The van der Waals surface area contributed by atoms with Gasteiger partial charge in [-0.05, 0) is 23.8 Å². The Hall–Kier alpha value is -3.48. The highest BCUT2D eigenvalue weighted by molar-refractivity contribution is 6.21. The van der Waals surface area contributed by atoms with Crippen LogP contribution in [0.3, 0.4) is 0 Å².